The van der Waals surface area contributed by atoms with E-state index in [0.717, 1.165) is 0 Å². The number of ether oxygens (including phenoxy) is 1. The van der Waals surface area contributed by atoms with Gasteiger partial charge in [0.2, 0.25) is 5.91 Å². The maximum Gasteiger partial charge on any atom is 0.240 e. The Labute approximate surface area is 152 Å². The Kier molecular flexibility index (Phi) is 5.96. The van der Waals surface area contributed by atoms with Gasteiger partial charge < -0.3 is 21.1 Å². The number of rotatable bonds is 7. The van der Waals surface area contributed by atoms with E-state index in [9.17, 15) is 4.79 Å². The molecule has 134 valence electrons. The fourth-order valence-electron chi connectivity index (χ4n) is 2.88. The molecule has 2 unspecified atom stereocenters. The molecule has 1 fully saturated rings. The number of nitrogens with two attached hydrogens (primary N) is 1. The Morgan fingerprint density at radius 1 is 1.46 bits per heavy atom. The fraction of sp³-hybridized carbons (Fsp3) is 0.625. The highest BCUT2D eigenvalue weighted by molar-refractivity contribution is 6.35. The number of hydrogen-bond acceptors (Lipinski definition) is 5. The highest BCUT2D eigenvalue weighted by Crippen LogP contribution is 2.49. The summed E-state index contributed by atoms with van der Waals surface area (Å²) in [6, 6.07) is 1.61. The van der Waals surface area contributed by atoms with E-state index in [1.165, 1.54) is 6.20 Å². The minimum Gasteiger partial charge on any atom is -0.378 e. The van der Waals surface area contributed by atoms with Crippen molar-refractivity contribution in [3.05, 3.63) is 22.3 Å². The Morgan fingerprint density at radius 3 is 2.75 bits per heavy atom. The van der Waals surface area contributed by atoms with Gasteiger partial charge in [-0.1, -0.05) is 37.0 Å². The van der Waals surface area contributed by atoms with E-state index in [1.807, 2.05) is 20.8 Å². The van der Waals surface area contributed by atoms with Gasteiger partial charge in [0.1, 0.15) is 11.4 Å². The summed E-state index contributed by atoms with van der Waals surface area (Å²) < 4.78 is 5.64. The molecule has 1 saturated carbocycles. The maximum atomic E-state index is 12.5. The van der Waals surface area contributed by atoms with Gasteiger partial charge in [0.25, 0.3) is 0 Å². The number of hydrogen-bond donors (Lipinski definition) is 3. The number of aromatic nitrogens is 1. The first-order valence-electron chi connectivity index (χ1n) is 7.96. The first kappa shape index (κ1) is 19.2. The molecule has 0 aliphatic heterocycles. The van der Waals surface area contributed by atoms with Crippen molar-refractivity contribution in [2.24, 2.45) is 11.1 Å². The second-order valence-corrected chi connectivity index (χ2v) is 7.35. The van der Waals surface area contributed by atoms with E-state index in [2.05, 4.69) is 15.6 Å². The van der Waals surface area contributed by atoms with Gasteiger partial charge in [-0.05, 0) is 13.0 Å². The van der Waals surface area contributed by atoms with E-state index in [1.54, 1.807) is 6.07 Å². The van der Waals surface area contributed by atoms with Crippen LogP contribution in [-0.2, 0) is 9.53 Å². The maximum absolute atomic E-state index is 12.5. The van der Waals surface area contributed by atoms with Gasteiger partial charge in [-0.3, -0.25) is 4.79 Å². The molecule has 0 radical (unpaired) electrons. The van der Waals surface area contributed by atoms with Gasteiger partial charge in [0.05, 0.1) is 16.1 Å². The zero-order chi connectivity index (χ0) is 18.0. The van der Waals surface area contributed by atoms with E-state index in [-0.39, 0.29) is 12.0 Å². The van der Waals surface area contributed by atoms with Crippen LogP contribution in [0.3, 0.4) is 0 Å². The van der Waals surface area contributed by atoms with Crippen molar-refractivity contribution in [3.8, 4) is 0 Å². The molecule has 24 heavy (non-hydrogen) atoms. The predicted molar refractivity (Wildman–Crippen MR) is 96.5 cm³/mol. The van der Waals surface area contributed by atoms with Crippen LogP contribution in [0, 0.1) is 5.41 Å². The summed E-state index contributed by atoms with van der Waals surface area (Å²) in [5.41, 5.74) is 5.00. The molecule has 1 aliphatic carbocycles. The molecule has 2 atom stereocenters. The quantitative estimate of drug-likeness (QED) is 0.637. The highest BCUT2D eigenvalue weighted by Gasteiger charge is 2.62. The van der Waals surface area contributed by atoms with Crippen molar-refractivity contribution in [2.75, 3.05) is 25.0 Å². The number of pyridine rings is 1. The summed E-state index contributed by atoms with van der Waals surface area (Å²) in [7, 11) is 0. The summed E-state index contributed by atoms with van der Waals surface area (Å²) in [6.07, 6.45) is 2.04. The lowest BCUT2D eigenvalue weighted by molar-refractivity contribution is -0.170. The molecule has 4 N–H and O–H groups in total. The van der Waals surface area contributed by atoms with Crippen LogP contribution in [-0.4, -0.2) is 42.2 Å². The Morgan fingerprint density at radius 2 is 2.17 bits per heavy atom. The second-order valence-electron chi connectivity index (χ2n) is 6.51. The van der Waals surface area contributed by atoms with Crippen molar-refractivity contribution < 1.29 is 9.53 Å². The lowest BCUT2D eigenvalue weighted by Crippen LogP contribution is -2.75. The smallest absolute Gasteiger partial charge is 0.240 e. The molecule has 1 aromatic heterocycles. The number of anilines is 1. The number of nitrogens with one attached hydrogen (secondary N) is 2. The van der Waals surface area contributed by atoms with Gasteiger partial charge in [0, 0.05) is 37.7 Å². The molecule has 1 amide bonds. The largest absolute Gasteiger partial charge is 0.378 e. The number of carbonyl (C=O) groups is 1. The summed E-state index contributed by atoms with van der Waals surface area (Å²) in [5, 5.41) is 6.82. The van der Waals surface area contributed by atoms with Crippen molar-refractivity contribution in [3.63, 3.8) is 0 Å². The van der Waals surface area contributed by atoms with Crippen molar-refractivity contribution in [1.29, 1.82) is 0 Å². The normalized spacial score (nSPS) is 25.0. The Balaban J connectivity index is 1.81. The topological polar surface area (TPSA) is 89.3 Å². The van der Waals surface area contributed by atoms with Crippen LogP contribution in [0.1, 0.15) is 27.2 Å². The third kappa shape index (κ3) is 3.61. The molecule has 0 aromatic carbocycles. The Hall–Kier alpha value is -1.08. The van der Waals surface area contributed by atoms with Crippen LogP contribution < -0.4 is 16.4 Å². The number of halogens is 2. The molecule has 1 heterocycles. The van der Waals surface area contributed by atoms with Gasteiger partial charge in [-0.25, -0.2) is 4.98 Å². The lowest BCUT2D eigenvalue weighted by atomic mass is 9.54. The average molecular weight is 375 g/mol. The SMILES string of the molecule is CCOC1CC(N)(C(=O)NCCNc2ncc(Cl)cc2Cl)C1(C)C. The molecular weight excluding hydrogens is 351 g/mol. The third-order valence-corrected chi connectivity index (χ3v) is 5.24. The fourth-order valence-corrected chi connectivity index (χ4v) is 3.33. The summed E-state index contributed by atoms with van der Waals surface area (Å²) in [5.74, 6) is 0.360. The molecule has 1 aromatic rings. The van der Waals surface area contributed by atoms with Crippen LogP contribution in [0.5, 0.6) is 0 Å². The van der Waals surface area contributed by atoms with Crippen LogP contribution in [0.15, 0.2) is 12.3 Å². The van der Waals surface area contributed by atoms with E-state index < -0.39 is 11.0 Å². The van der Waals surface area contributed by atoms with E-state index >= 15 is 0 Å². The predicted octanol–water partition coefficient (Wildman–Crippen LogP) is 2.45. The third-order valence-electron chi connectivity index (χ3n) is 4.75. The molecule has 0 saturated heterocycles. The summed E-state index contributed by atoms with van der Waals surface area (Å²) in [4.78, 5) is 16.6. The molecule has 8 heteroatoms. The van der Waals surface area contributed by atoms with E-state index in [4.69, 9.17) is 33.7 Å². The number of nitrogens with zero attached hydrogens (tertiary/aromatic N) is 1. The molecule has 6 nitrogen and oxygen atoms in total. The first-order chi connectivity index (χ1) is 11.2. The lowest BCUT2D eigenvalue weighted by Gasteiger charge is -2.57. The van der Waals surface area contributed by atoms with Crippen LogP contribution >= 0.6 is 23.2 Å². The monoisotopic (exact) mass is 374 g/mol. The number of carbonyl (C=O) groups excluding carboxylic acids is 1. The van der Waals surface area contributed by atoms with Crippen molar-refractivity contribution in [2.45, 2.75) is 38.8 Å². The highest BCUT2D eigenvalue weighted by atomic mass is 35.5. The van der Waals surface area contributed by atoms with Crippen LogP contribution in [0.4, 0.5) is 5.82 Å². The average Bonchev–Trinajstić information content (AvgIpc) is 2.52. The molecule has 1 aliphatic rings. The zero-order valence-electron chi connectivity index (χ0n) is 14.2. The van der Waals surface area contributed by atoms with Gasteiger partial charge in [-0.2, -0.15) is 0 Å². The standard InChI is InChI=1S/C16H24Cl2N4O2/c1-4-24-12-8-16(19,15(12,2)3)14(23)21-6-5-20-13-11(18)7-10(17)9-22-13/h7,9,12H,4-6,8,19H2,1-3H3,(H,20,22)(H,21,23). The minimum absolute atomic E-state index is 0.00782. The molecule has 0 spiro atoms. The van der Waals surface area contributed by atoms with Gasteiger partial charge >= 0.3 is 0 Å². The van der Waals surface area contributed by atoms with Crippen molar-refractivity contribution in [1.82, 2.24) is 10.3 Å². The molecule has 0 bridgehead atoms. The second kappa shape index (κ2) is 7.44. The molecule has 2 rings (SSSR count). The van der Waals surface area contributed by atoms with Gasteiger partial charge in [0.15, 0.2) is 0 Å². The van der Waals surface area contributed by atoms with E-state index in [0.29, 0.717) is 42.0 Å². The van der Waals surface area contributed by atoms with Gasteiger partial charge in [-0.15, -0.1) is 0 Å². The van der Waals surface area contributed by atoms with Crippen LogP contribution in [0.25, 0.3) is 0 Å². The zero-order valence-corrected chi connectivity index (χ0v) is 15.7. The molecular formula is C16H24Cl2N4O2. The van der Waals surface area contributed by atoms with Crippen molar-refractivity contribution >= 4 is 34.9 Å². The summed E-state index contributed by atoms with van der Waals surface area (Å²) >= 11 is 11.8. The minimum atomic E-state index is -0.914. The Bertz CT molecular complexity index is 612. The number of amides is 1. The first-order valence-corrected chi connectivity index (χ1v) is 8.71. The van der Waals surface area contributed by atoms with Crippen LogP contribution in [0.2, 0.25) is 10.0 Å². The summed E-state index contributed by atoms with van der Waals surface area (Å²) in [6.45, 7) is 7.37.